The SMILES string of the molecule is CCc1cc(CC)c(C(N)c2scc(C)c2Cl)c(CC)c1. The summed E-state index contributed by atoms with van der Waals surface area (Å²) >= 11 is 8.10. The lowest BCUT2D eigenvalue weighted by Gasteiger charge is -2.21. The van der Waals surface area contributed by atoms with E-state index in [-0.39, 0.29) is 6.04 Å². The zero-order valence-electron chi connectivity index (χ0n) is 13.3. The summed E-state index contributed by atoms with van der Waals surface area (Å²) in [5, 5.41) is 2.92. The van der Waals surface area contributed by atoms with Crippen LogP contribution < -0.4 is 5.73 Å². The van der Waals surface area contributed by atoms with Crippen molar-refractivity contribution in [3.05, 3.63) is 55.2 Å². The predicted molar refractivity (Wildman–Crippen MR) is 94.7 cm³/mol. The molecule has 0 amide bonds. The molecule has 1 aromatic heterocycles. The van der Waals surface area contributed by atoms with Crippen molar-refractivity contribution in [1.82, 2.24) is 0 Å². The molecule has 0 aliphatic rings. The minimum absolute atomic E-state index is 0.119. The Labute approximate surface area is 137 Å². The number of benzene rings is 1. The largest absolute Gasteiger partial charge is 0.320 e. The summed E-state index contributed by atoms with van der Waals surface area (Å²) in [6, 6.07) is 4.50. The molecular formula is C18H24ClNS. The quantitative estimate of drug-likeness (QED) is 0.779. The van der Waals surface area contributed by atoms with Crippen LogP contribution >= 0.6 is 22.9 Å². The first-order valence-electron chi connectivity index (χ1n) is 7.66. The summed E-state index contributed by atoms with van der Waals surface area (Å²) in [6.45, 7) is 8.64. The summed E-state index contributed by atoms with van der Waals surface area (Å²) in [5.41, 5.74) is 13.1. The second kappa shape index (κ2) is 6.95. The minimum Gasteiger partial charge on any atom is -0.320 e. The predicted octanol–water partition coefficient (Wildman–Crippen LogP) is 5.45. The first-order valence-corrected chi connectivity index (χ1v) is 8.92. The molecule has 3 heteroatoms. The fourth-order valence-corrected chi connectivity index (χ4v) is 4.15. The molecule has 0 saturated carbocycles. The van der Waals surface area contributed by atoms with Gasteiger partial charge in [0.05, 0.1) is 11.1 Å². The van der Waals surface area contributed by atoms with E-state index in [0.717, 1.165) is 34.7 Å². The van der Waals surface area contributed by atoms with Gasteiger partial charge in [-0.05, 0) is 59.4 Å². The second-order valence-electron chi connectivity index (χ2n) is 5.46. The van der Waals surface area contributed by atoms with Gasteiger partial charge in [0.2, 0.25) is 0 Å². The van der Waals surface area contributed by atoms with Gasteiger partial charge in [-0.25, -0.2) is 0 Å². The van der Waals surface area contributed by atoms with Crippen molar-refractivity contribution in [1.29, 1.82) is 0 Å². The molecule has 0 saturated heterocycles. The van der Waals surface area contributed by atoms with Crippen LogP contribution in [0.15, 0.2) is 17.5 Å². The summed E-state index contributed by atoms with van der Waals surface area (Å²) in [7, 11) is 0. The van der Waals surface area contributed by atoms with Crippen molar-refractivity contribution in [2.45, 2.75) is 53.0 Å². The monoisotopic (exact) mass is 321 g/mol. The van der Waals surface area contributed by atoms with E-state index in [1.807, 2.05) is 6.92 Å². The van der Waals surface area contributed by atoms with Gasteiger partial charge in [-0.1, -0.05) is 44.5 Å². The second-order valence-corrected chi connectivity index (χ2v) is 6.75. The molecule has 21 heavy (non-hydrogen) atoms. The van der Waals surface area contributed by atoms with Crippen molar-refractivity contribution in [3.8, 4) is 0 Å². The molecule has 1 atom stereocenters. The summed E-state index contributed by atoms with van der Waals surface area (Å²) in [5.74, 6) is 0. The van der Waals surface area contributed by atoms with Crippen LogP contribution in [0.25, 0.3) is 0 Å². The standard InChI is InChI=1S/C18H24ClNS/c1-5-12-8-13(6-2)15(14(7-3)9-12)17(20)18-16(19)11(4)10-21-18/h8-10,17H,5-7,20H2,1-4H3. The number of rotatable bonds is 5. The highest BCUT2D eigenvalue weighted by molar-refractivity contribution is 7.10. The molecule has 1 nitrogen and oxygen atoms in total. The van der Waals surface area contributed by atoms with E-state index in [2.05, 4.69) is 38.3 Å². The molecule has 0 bridgehead atoms. The highest BCUT2D eigenvalue weighted by atomic mass is 35.5. The third kappa shape index (κ3) is 3.18. The van der Waals surface area contributed by atoms with Crippen LogP contribution in [0.4, 0.5) is 0 Å². The third-order valence-electron chi connectivity index (χ3n) is 4.10. The topological polar surface area (TPSA) is 26.0 Å². The van der Waals surface area contributed by atoms with Crippen molar-refractivity contribution >= 4 is 22.9 Å². The van der Waals surface area contributed by atoms with E-state index in [1.165, 1.54) is 22.3 Å². The van der Waals surface area contributed by atoms with Gasteiger partial charge in [0, 0.05) is 4.88 Å². The fraction of sp³-hybridized carbons (Fsp3) is 0.444. The lowest BCUT2D eigenvalue weighted by Crippen LogP contribution is -2.16. The lowest BCUT2D eigenvalue weighted by atomic mass is 9.89. The van der Waals surface area contributed by atoms with Crippen LogP contribution in [0.2, 0.25) is 5.02 Å². The number of thiophene rings is 1. The van der Waals surface area contributed by atoms with Gasteiger partial charge < -0.3 is 5.73 Å². The van der Waals surface area contributed by atoms with E-state index in [0.29, 0.717) is 0 Å². The van der Waals surface area contributed by atoms with Gasteiger partial charge >= 0.3 is 0 Å². The van der Waals surface area contributed by atoms with E-state index >= 15 is 0 Å². The number of hydrogen-bond acceptors (Lipinski definition) is 2. The Balaban J connectivity index is 2.58. The van der Waals surface area contributed by atoms with Gasteiger partial charge in [-0.15, -0.1) is 11.3 Å². The highest BCUT2D eigenvalue weighted by Crippen LogP contribution is 2.37. The summed E-state index contributed by atoms with van der Waals surface area (Å²) in [4.78, 5) is 1.09. The van der Waals surface area contributed by atoms with Crippen molar-refractivity contribution < 1.29 is 0 Å². The van der Waals surface area contributed by atoms with Crippen LogP contribution in [0.3, 0.4) is 0 Å². The minimum atomic E-state index is -0.119. The number of nitrogens with two attached hydrogens (primary N) is 1. The van der Waals surface area contributed by atoms with Crippen LogP contribution in [0, 0.1) is 6.92 Å². The van der Waals surface area contributed by atoms with Crippen molar-refractivity contribution in [3.63, 3.8) is 0 Å². The van der Waals surface area contributed by atoms with E-state index in [9.17, 15) is 0 Å². The molecule has 1 aromatic carbocycles. The van der Waals surface area contributed by atoms with E-state index in [4.69, 9.17) is 17.3 Å². The molecule has 0 radical (unpaired) electrons. The van der Waals surface area contributed by atoms with Gasteiger partial charge in [0.25, 0.3) is 0 Å². The van der Waals surface area contributed by atoms with Gasteiger partial charge in [-0.2, -0.15) is 0 Å². The number of halogens is 1. The fourth-order valence-electron chi connectivity index (χ4n) is 2.83. The summed E-state index contributed by atoms with van der Waals surface area (Å²) < 4.78 is 0. The molecule has 0 aliphatic heterocycles. The average molecular weight is 322 g/mol. The summed E-state index contributed by atoms with van der Waals surface area (Å²) in [6.07, 6.45) is 3.08. The highest BCUT2D eigenvalue weighted by Gasteiger charge is 2.21. The number of aryl methyl sites for hydroxylation is 4. The van der Waals surface area contributed by atoms with Gasteiger partial charge in [-0.3, -0.25) is 0 Å². The third-order valence-corrected chi connectivity index (χ3v) is 5.90. The molecule has 1 heterocycles. The lowest BCUT2D eigenvalue weighted by molar-refractivity contribution is 0.839. The molecule has 0 aliphatic carbocycles. The Morgan fingerprint density at radius 2 is 1.67 bits per heavy atom. The molecule has 1 unspecified atom stereocenters. The zero-order valence-corrected chi connectivity index (χ0v) is 14.9. The van der Waals surface area contributed by atoms with E-state index in [1.54, 1.807) is 11.3 Å². The van der Waals surface area contributed by atoms with Crippen molar-refractivity contribution in [2.75, 3.05) is 0 Å². The van der Waals surface area contributed by atoms with Crippen LogP contribution in [0.1, 0.15) is 59.5 Å². The average Bonchev–Trinajstić information content (AvgIpc) is 2.84. The maximum Gasteiger partial charge on any atom is 0.0666 e. The molecule has 2 N–H and O–H groups in total. The Morgan fingerprint density at radius 1 is 1.10 bits per heavy atom. The molecule has 114 valence electrons. The maximum atomic E-state index is 6.60. The van der Waals surface area contributed by atoms with Gasteiger partial charge in [0.15, 0.2) is 0 Å². The van der Waals surface area contributed by atoms with E-state index < -0.39 is 0 Å². The molecular weight excluding hydrogens is 298 g/mol. The Morgan fingerprint density at radius 3 is 2.05 bits per heavy atom. The molecule has 2 rings (SSSR count). The Bertz CT molecular complexity index is 605. The van der Waals surface area contributed by atoms with Gasteiger partial charge in [0.1, 0.15) is 0 Å². The van der Waals surface area contributed by atoms with Crippen molar-refractivity contribution in [2.24, 2.45) is 5.73 Å². The normalized spacial score (nSPS) is 12.7. The van der Waals surface area contributed by atoms with Crippen LogP contribution in [0.5, 0.6) is 0 Å². The molecule has 0 spiro atoms. The Hall–Kier alpha value is -0.830. The first-order chi connectivity index (χ1) is 10.0. The maximum absolute atomic E-state index is 6.60. The molecule has 0 fully saturated rings. The van der Waals surface area contributed by atoms with Crippen LogP contribution in [-0.4, -0.2) is 0 Å². The smallest absolute Gasteiger partial charge is 0.0666 e. The number of hydrogen-bond donors (Lipinski definition) is 1. The van der Waals surface area contributed by atoms with Crippen LogP contribution in [-0.2, 0) is 19.3 Å². The molecule has 2 aromatic rings. The first kappa shape index (κ1) is 16.5. The zero-order chi connectivity index (χ0) is 15.6. The Kier molecular flexibility index (Phi) is 5.48.